The van der Waals surface area contributed by atoms with E-state index in [4.69, 9.17) is 4.74 Å². The van der Waals surface area contributed by atoms with Crippen LogP contribution in [-0.2, 0) is 11.3 Å². The highest BCUT2D eigenvalue weighted by atomic mass is 16.5. The van der Waals surface area contributed by atoms with E-state index in [9.17, 15) is 0 Å². The van der Waals surface area contributed by atoms with Crippen molar-refractivity contribution >= 4 is 0 Å². The van der Waals surface area contributed by atoms with Crippen LogP contribution in [-0.4, -0.2) is 6.61 Å². The molecule has 1 fully saturated rings. The standard InChI is InChI=1S/C26H34O/c1-3-5-6-7-21-8-12-23(13-9-21)25-16-18-26(19-17-25)24-14-10-22(11-15-24)20-27-4-2/h5-6,10-11,14-19,21,23H,3-4,7-9,12-13,20H2,1-2H3/b6-5+/t21-,23-. The quantitative estimate of drug-likeness (QED) is 0.441. The van der Waals surface area contributed by atoms with E-state index in [1.807, 2.05) is 6.92 Å². The topological polar surface area (TPSA) is 9.23 Å². The van der Waals surface area contributed by atoms with Crippen molar-refractivity contribution in [2.24, 2.45) is 5.92 Å². The van der Waals surface area contributed by atoms with Gasteiger partial charge in [0.2, 0.25) is 0 Å². The smallest absolute Gasteiger partial charge is 0.0716 e. The molecule has 0 unspecified atom stereocenters. The van der Waals surface area contributed by atoms with Gasteiger partial charge in [0.15, 0.2) is 0 Å². The van der Waals surface area contributed by atoms with Gasteiger partial charge in [-0.1, -0.05) is 67.6 Å². The fraction of sp³-hybridized carbons (Fsp3) is 0.462. The van der Waals surface area contributed by atoms with Crippen LogP contribution in [0.4, 0.5) is 0 Å². The minimum Gasteiger partial charge on any atom is -0.377 e. The van der Waals surface area contributed by atoms with Crippen LogP contribution in [0.1, 0.15) is 69.4 Å². The van der Waals surface area contributed by atoms with E-state index < -0.39 is 0 Å². The molecule has 1 aliphatic carbocycles. The van der Waals surface area contributed by atoms with Crippen molar-refractivity contribution in [3.63, 3.8) is 0 Å². The summed E-state index contributed by atoms with van der Waals surface area (Å²) in [4.78, 5) is 0. The molecule has 0 atom stereocenters. The molecule has 3 rings (SSSR count). The number of allylic oxidation sites excluding steroid dienone is 2. The van der Waals surface area contributed by atoms with Gasteiger partial charge in [0.1, 0.15) is 0 Å². The van der Waals surface area contributed by atoms with E-state index in [2.05, 4.69) is 67.6 Å². The van der Waals surface area contributed by atoms with E-state index >= 15 is 0 Å². The van der Waals surface area contributed by atoms with Gasteiger partial charge < -0.3 is 4.74 Å². The summed E-state index contributed by atoms with van der Waals surface area (Å²) in [6.07, 6.45) is 12.6. The van der Waals surface area contributed by atoms with Gasteiger partial charge in [0, 0.05) is 6.61 Å². The van der Waals surface area contributed by atoms with Crippen molar-refractivity contribution in [2.45, 2.75) is 64.9 Å². The zero-order chi connectivity index (χ0) is 18.9. The van der Waals surface area contributed by atoms with Crippen molar-refractivity contribution in [1.29, 1.82) is 0 Å². The van der Waals surface area contributed by atoms with Crippen molar-refractivity contribution < 1.29 is 4.74 Å². The highest BCUT2D eigenvalue weighted by Gasteiger charge is 2.21. The first kappa shape index (κ1) is 19.9. The van der Waals surface area contributed by atoms with E-state index in [0.717, 1.165) is 24.9 Å². The lowest BCUT2D eigenvalue weighted by Gasteiger charge is -2.28. The average Bonchev–Trinajstić information content (AvgIpc) is 2.73. The van der Waals surface area contributed by atoms with Crippen molar-refractivity contribution in [1.82, 2.24) is 0 Å². The predicted octanol–water partition coefficient (Wildman–Crippen LogP) is 7.52. The van der Waals surface area contributed by atoms with E-state index in [-0.39, 0.29) is 0 Å². The third-order valence-corrected chi connectivity index (χ3v) is 5.86. The molecule has 0 aliphatic heterocycles. The normalized spacial score (nSPS) is 20.2. The van der Waals surface area contributed by atoms with Crippen LogP contribution in [0.25, 0.3) is 11.1 Å². The highest BCUT2D eigenvalue weighted by Crippen LogP contribution is 2.37. The molecule has 0 radical (unpaired) electrons. The Morgan fingerprint density at radius 3 is 2.04 bits per heavy atom. The van der Waals surface area contributed by atoms with E-state index in [1.54, 1.807) is 0 Å². The Labute approximate surface area is 165 Å². The molecule has 1 saturated carbocycles. The highest BCUT2D eigenvalue weighted by molar-refractivity contribution is 5.64. The summed E-state index contributed by atoms with van der Waals surface area (Å²) in [6.45, 7) is 5.71. The largest absolute Gasteiger partial charge is 0.377 e. The maximum absolute atomic E-state index is 5.48. The molecule has 1 nitrogen and oxygen atoms in total. The molecule has 27 heavy (non-hydrogen) atoms. The Morgan fingerprint density at radius 2 is 1.44 bits per heavy atom. The second-order valence-electron chi connectivity index (χ2n) is 7.79. The summed E-state index contributed by atoms with van der Waals surface area (Å²) < 4.78 is 5.48. The first-order chi connectivity index (χ1) is 13.3. The average molecular weight is 363 g/mol. The van der Waals surface area contributed by atoms with Crippen LogP contribution in [0.15, 0.2) is 60.7 Å². The van der Waals surface area contributed by atoms with Gasteiger partial charge >= 0.3 is 0 Å². The molecular weight excluding hydrogens is 328 g/mol. The first-order valence-corrected chi connectivity index (χ1v) is 10.7. The fourth-order valence-electron chi connectivity index (χ4n) is 4.15. The molecule has 144 valence electrons. The molecule has 1 heteroatoms. The Hall–Kier alpha value is -1.86. The summed E-state index contributed by atoms with van der Waals surface area (Å²) in [5.74, 6) is 1.65. The fourth-order valence-corrected chi connectivity index (χ4v) is 4.15. The van der Waals surface area contributed by atoms with Gasteiger partial charge in [-0.2, -0.15) is 0 Å². The molecule has 1 aliphatic rings. The van der Waals surface area contributed by atoms with Crippen LogP contribution in [0.2, 0.25) is 0 Å². The summed E-state index contributed by atoms with van der Waals surface area (Å²) in [5, 5.41) is 0. The number of ether oxygens (including phenoxy) is 1. The van der Waals surface area contributed by atoms with Crippen molar-refractivity contribution in [3.8, 4) is 11.1 Å². The Kier molecular flexibility index (Phi) is 7.71. The maximum atomic E-state index is 5.48. The minimum absolute atomic E-state index is 0.701. The number of hydrogen-bond acceptors (Lipinski definition) is 1. The Bertz CT molecular complexity index is 688. The Balaban J connectivity index is 1.55. The molecular formula is C26H34O. The van der Waals surface area contributed by atoms with Crippen molar-refractivity contribution in [3.05, 3.63) is 71.8 Å². The van der Waals surface area contributed by atoms with Crippen LogP contribution in [0, 0.1) is 5.92 Å². The van der Waals surface area contributed by atoms with Crippen LogP contribution in [0.3, 0.4) is 0 Å². The predicted molar refractivity (Wildman–Crippen MR) is 116 cm³/mol. The molecule has 2 aromatic rings. The van der Waals surface area contributed by atoms with E-state index in [0.29, 0.717) is 6.61 Å². The molecule has 0 amide bonds. The lowest BCUT2D eigenvalue weighted by atomic mass is 9.77. The van der Waals surface area contributed by atoms with Gasteiger partial charge in [-0.15, -0.1) is 0 Å². The summed E-state index contributed by atoms with van der Waals surface area (Å²) in [7, 11) is 0. The number of benzene rings is 2. The monoisotopic (exact) mass is 362 g/mol. The molecule has 0 bridgehead atoms. The summed E-state index contributed by atoms with van der Waals surface area (Å²) in [6, 6.07) is 18.1. The van der Waals surface area contributed by atoms with Crippen LogP contribution in [0.5, 0.6) is 0 Å². The number of rotatable bonds is 8. The molecule has 0 spiro atoms. The lowest BCUT2D eigenvalue weighted by Crippen LogP contribution is -2.12. The lowest BCUT2D eigenvalue weighted by molar-refractivity contribution is 0.134. The molecule has 0 saturated heterocycles. The number of hydrogen-bond donors (Lipinski definition) is 0. The van der Waals surface area contributed by atoms with E-state index in [1.165, 1.54) is 54.4 Å². The zero-order valence-electron chi connectivity index (χ0n) is 17.0. The van der Waals surface area contributed by atoms with Gasteiger partial charge in [-0.3, -0.25) is 0 Å². The summed E-state index contributed by atoms with van der Waals surface area (Å²) >= 11 is 0. The Morgan fingerprint density at radius 1 is 0.815 bits per heavy atom. The second kappa shape index (κ2) is 10.5. The maximum Gasteiger partial charge on any atom is 0.0716 e. The molecule has 0 aromatic heterocycles. The second-order valence-corrected chi connectivity index (χ2v) is 7.79. The SMILES string of the molecule is CC/C=C/C[C@H]1CC[C@H](c2ccc(-c3ccc(COCC)cc3)cc2)CC1. The minimum atomic E-state index is 0.701. The first-order valence-electron chi connectivity index (χ1n) is 10.7. The molecule has 0 N–H and O–H groups in total. The molecule has 2 aromatic carbocycles. The molecule has 0 heterocycles. The van der Waals surface area contributed by atoms with Gasteiger partial charge in [0.25, 0.3) is 0 Å². The van der Waals surface area contributed by atoms with Gasteiger partial charge in [-0.25, -0.2) is 0 Å². The van der Waals surface area contributed by atoms with Gasteiger partial charge in [-0.05, 0) is 79.5 Å². The van der Waals surface area contributed by atoms with Crippen LogP contribution < -0.4 is 0 Å². The van der Waals surface area contributed by atoms with Crippen LogP contribution >= 0.6 is 0 Å². The third-order valence-electron chi connectivity index (χ3n) is 5.86. The van der Waals surface area contributed by atoms with Gasteiger partial charge in [0.05, 0.1) is 6.61 Å². The zero-order valence-corrected chi connectivity index (χ0v) is 17.0. The summed E-state index contributed by atoms with van der Waals surface area (Å²) in [5.41, 5.74) is 5.35. The van der Waals surface area contributed by atoms with Crippen molar-refractivity contribution in [2.75, 3.05) is 6.61 Å². The third kappa shape index (κ3) is 5.81.